The highest BCUT2D eigenvalue weighted by Gasteiger charge is 2.24. The van der Waals surface area contributed by atoms with Crippen LogP contribution < -0.4 is 5.32 Å². The Morgan fingerprint density at radius 1 is 1.44 bits per heavy atom. The fourth-order valence-electron chi connectivity index (χ4n) is 1.62. The van der Waals surface area contributed by atoms with Gasteiger partial charge in [0.25, 0.3) is 0 Å². The van der Waals surface area contributed by atoms with E-state index in [2.05, 4.69) is 17.9 Å². The molecule has 0 bridgehead atoms. The summed E-state index contributed by atoms with van der Waals surface area (Å²) in [6, 6.07) is -0.482. The van der Waals surface area contributed by atoms with Crippen LogP contribution in [-0.2, 0) is 9.59 Å². The van der Waals surface area contributed by atoms with Crippen LogP contribution in [0.2, 0.25) is 0 Å². The van der Waals surface area contributed by atoms with Crippen LogP contribution in [0.4, 0.5) is 0 Å². The van der Waals surface area contributed by atoms with Crippen molar-refractivity contribution in [3.05, 3.63) is 0 Å². The molecular formula is C10H18N2O2S2. The number of hydrogen-bond acceptors (Lipinski definition) is 4. The average molecular weight is 262 g/mol. The molecule has 1 N–H and O–H groups in total. The van der Waals surface area contributed by atoms with Gasteiger partial charge in [-0.2, -0.15) is 24.4 Å². The second-order valence-electron chi connectivity index (χ2n) is 3.73. The summed E-state index contributed by atoms with van der Waals surface area (Å²) < 4.78 is 0. The molecule has 1 atom stereocenters. The second kappa shape index (κ2) is 7.06. The summed E-state index contributed by atoms with van der Waals surface area (Å²) >= 11 is 5.98. The number of thiol groups is 1. The lowest BCUT2D eigenvalue weighted by molar-refractivity contribution is -0.135. The number of carbonyl (C=O) groups is 2. The van der Waals surface area contributed by atoms with Crippen molar-refractivity contribution in [2.45, 2.75) is 19.4 Å². The third-order valence-electron chi connectivity index (χ3n) is 2.39. The van der Waals surface area contributed by atoms with Crippen LogP contribution in [0.5, 0.6) is 0 Å². The Morgan fingerprint density at radius 2 is 2.19 bits per heavy atom. The predicted molar refractivity (Wildman–Crippen MR) is 70.0 cm³/mol. The Morgan fingerprint density at radius 3 is 2.81 bits per heavy atom. The summed E-state index contributed by atoms with van der Waals surface area (Å²) in [5, 5.41) is 2.63. The van der Waals surface area contributed by atoms with E-state index in [1.54, 1.807) is 0 Å². The molecule has 16 heavy (non-hydrogen) atoms. The quantitative estimate of drug-likeness (QED) is 0.723. The van der Waals surface area contributed by atoms with Crippen molar-refractivity contribution in [3.63, 3.8) is 0 Å². The molecule has 0 spiro atoms. The van der Waals surface area contributed by atoms with Crippen molar-refractivity contribution >= 4 is 36.2 Å². The van der Waals surface area contributed by atoms with Gasteiger partial charge < -0.3 is 10.2 Å². The summed E-state index contributed by atoms with van der Waals surface area (Å²) in [5.41, 5.74) is 0. The van der Waals surface area contributed by atoms with Gasteiger partial charge in [-0.15, -0.1) is 0 Å². The molecule has 1 aliphatic rings. The van der Waals surface area contributed by atoms with Crippen LogP contribution in [0, 0.1) is 0 Å². The molecule has 1 fully saturated rings. The Balaban J connectivity index is 2.54. The van der Waals surface area contributed by atoms with E-state index in [-0.39, 0.29) is 11.8 Å². The molecule has 2 amide bonds. The molecule has 1 heterocycles. The van der Waals surface area contributed by atoms with E-state index in [0.29, 0.717) is 5.75 Å². The van der Waals surface area contributed by atoms with Gasteiger partial charge in [0.2, 0.25) is 11.8 Å². The maximum Gasteiger partial charge on any atom is 0.246 e. The maximum absolute atomic E-state index is 12.1. The summed E-state index contributed by atoms with van der Waals surface area (Å²) in [4.78, 5) is 24.8. The van der Waals surface area contributed by atoms with Gasteiger partial charge >= 0.3 is 0 Å². The SMILES string of the molecule is CC(=O)NC(CS)C(=O)N1CCCSCC1. The number of thioether (sulfide) groups is 1. The highest BCUT2D eigenvalue weighted by molar-refractivity contribution is 7.99. The molecule has 1 rings (SSSR count). The third-order valence-corrected chi connectivity index (χ3v) is 3.81. The molecule has 0 aromatic rings. The lowest BCUT2D eigenvalue weighted by Crippen LogP contribution is -2.49. The third kappa shape index (κ3) is 4.25. The second-order valence-corrected chi connectivity index (χ2v) is 5.32. The number of hydrogen-bond donors (Lipinski definition) is 2. The minimum absolute atomic E-state index is 0.00676. The topological polar surface area (TPSA) is 49.4 Å². The summed E-state index contributed by atoms with van der Waals surface area (Å²) in [6.07, 6.45) is 1.02. The number of nitrogens with one attached hydrogen (secondary N) is 1. The Kier molecular flexibility index (Phi) is 6.05. The Labute approximate surface area is 106 Å². The van der Waals surface area contributed by atoms with E-state index in [1.165, 1.54) is 6.92 Å². The summed E-state index contributed by atoms with van der Waals surface area (Å²) in [7, 11) is 0. The standard InChI is InChI=1S/C10H18N2O2S2/c1-8(13)11-9(7-15)10(14)12-3-2-5-16-6-4-12/h9,15H,2-7H2,1H3,(H,11,13). The first kappa shape index (κ1) is 13.7. The van der Waals surface area contributed by atoms with E-state index >= 15 is 0 Å². The highest BCUT2D eigenvalue weighted by Crippen LogP contribution is 2.11. The fraction of sp³-hybridized carbons (Fsp3) is 0.800. The molecule has 0 radical (unpaired) electrons. The van der Waals surface area contributed by atoms with Gasteiger partial charge in [0.05, 0.1) is 0 Å². The highest BCUT2D eigenvalue weighted by atomic mass is 32.2. The van der Waals surface area contributed by atoms with Crippen LogP contribution in [0.15, 0.2) is 0 Å². The van der Waals surface area contributed by atoms with Gasteiger partial charge in [0.15, 0.2) is 0 Å². The van der Waals surface area contributed by atoms with E-state index in [9.17, 15) is 9.59 Å². The number of carbonyl (C=O) groups excluding carboxylic acids is 2. The molecule has 0 aromatic heterocycles. The van der Waals surface area contributed by atoms with Gasteiger partial charge in [-0.1, -0.05) is 0 Å². The van der Waals surface area contributed by atoms with Crippen molar-refractivity contribution in [3.8, 4) is 0 Å². The molecule has 0 aliphatic carbocycles. The minimum atomic E-state index is -0.482. The lowest BCUT2D eigenvalue weighted by Gasteiger charge is -2.25. The van der Waals surface area contributed by atoms with Gasteiger partial charge in [-0.05, 0) is 12.2 Å². The normalized spacial score (nSPS) is 18.8. The molecule has 0 aromatic carbocycles. The molecule has 1 unspecified atom stereocenters. The zero-order valence-electron chi connectivity index (χ0n) is 9.44. The molecule has 1 aliphatic heterocycles. The molecular weight excluding hydrogens is 244 g/mol. The molecule has 92 valence electrons. The van der Waals surface area contributed by atoms with Gasteiger partial charge in [-0.3, -0.25) is 9.59 Å². The van der Waals surface area contributed by atoms with Crippen molar-refractivity contribution in [2.75, 3.05) is 30.3 Å². The Bertz CT molecular complexity index is 253. The summed E-state index contributed by atoms with van der Waals surface area (Å²) in [5.74, 6) is 2.24. The van der Waals surface area contributed by atoms with E-state index in [0.717, 1.165) is 31.0 Å². The van der Waals surface area contributed by atoms with Crippen LogP contribution in [0.25, 0.3) is 0 Å². The monoisotopic (exact) mass is 262 g/mol. The van der Waals surface area contributed by atoms with E-state index < -0.39 is 6.04 Å². The maximum atomic E-state index is 12.1. The van der Waals surface area contributed by atoms with Crippen molar-refractivity contribution in [1.82, 2.24) is 10.2 Å². The van der Waals surface area contributed by atoms with Crippen molar-refractivity contribution in [1.29, 1.82) is 0 Å². The molecule has 4 nitrogen and oxygen atoms in total. The zero-order chi connectivity index (χ0) is 12.0. The minimum Gasteiger partial charge on any atom is -0.344 e. The van der Waals surface area contributed by atoms with Crippen molar-refractivity contribution in [2.24, 2.45) is 0 Å². The van der Waals surface area contributed by atoms with Crippen LogP contribution in [0.3, 0.4) is 0 Å². The number of rotatable bonds is 3. The largest absolute Gasteiger partial charge is 0.344 e. The number of amides is 2. The molecule has 6 heteroatoms. The van der Waals surface area contributed by atoms with E-state index in [4.69, 9.17) is 0 Å². The Hall–Kier alpha value is -0.360. The van der Waals surface area contributed by atoms with Crippen molar-refractivity contribution < 1.29 is 9.59 Å². The first-order valence-corrected chi connectivity index (χ1v) is 7.18. The first-order chi connectivity index (χ1) is 7.65. The predicted octanol–water partition coefficient (Wildman–Crippen LogP) is 0.386. The summed E-state index contributed by atoms with van der Waals surface area (Å²) in [6.45, 7) is 2.98. The number of nitrogens with zero attached hydrogens (tertiary/aromatic N) is 1. The van der Waals surface area contributed by atoms with E-state index in [1.807, 2.05) is 16.7 Å². The smallest absolute Gasteiger partial charge is 0.246 e. The fourth-order valence-corrected chi connectivity index (χ4v) is 2.75. The van der Waals surface area contributed by atoms with Crippen LogP contribution in [0.1, 0.15) is 13.3 Å². The van der Waals surface area contributed by atoms with Gasteiger partial charge in [-0.25, -0.2) is 0 Å². The lowest BCUT2D eigenvalue weighted by atomic mass is 10.2. The average Bonchev–Trinajstić information content (AvgIpc) is 2.53. The molecule has 1 saturated heterocycles. The van der Waals surface area contributed by atoms with Gasteiger partial charge in [0, 0.05) is 31.5 Å². The molecule has 0 saturated carbocycles. The van der Waals surface area contributed by atoms with Crippen LogP contribution in [-0.4, -0.2) is 53.1 Å². The van der Waals surface area contributed by atoms with Crippen LogP contribution >= 0.6 is 24.4 Å². The van der Waals surface area contributed by atoms with Gasteiger partial charge in [0.1, 0.15) is 6.04 Å². The zero-order valence-corrected chi connectivity index (χ0v) is 11.2. The first-order valence-electron chi connectivity index (χ1n) is 5.39.